The van der Waals surface area contributed by atoms with Crippen LogP contribution in [0.25, 0.3) is 0 Å². The number of amides is 1. The Bertz CT molecular complexity index is 686. The van der Waals surface area contributed by atoms with Crippen molar-refractivity contribution in [3.05, 3.63) is 32.8 Å². The molecule has 0 aliphatic carbocycles. The highest BCUT2D eigenvalue weighted by atomic mass is 32.1. The molecule has 124 valence electrons. The number of hydrogen-bond donors (Lipinski definition) is 0. The van der Waals surface area contributed by atoms with E-state index in [4.69, 9.17) is 4.63 Å². The second-order valence-electron chi connectivity index (χ2n) is 5.94. The van der Waals surface area contributed by atoms with Crippen LogP contribution >= 0.6 is 11.3 Å². The van der Waals surface area contributed by atoms with E-state index >= 15 is 0 Å². The summed E-state index contributed by atoms with van der Waals surface area (Å²) in [6.45, 7) is 10.0. The van der Waals surface area contributed by atoms with Gasteiger partial charge in [0.1, 0.15) is 11.4 Å². The van der Waals surface area contributed by atoms with Crippen LogP contribution in [0.3, 0.4) is 0 Å². The van der Waals surface area contributed by atoms with E-state index in [1.165, 1.54) is 10.4 Å². The monoisotopic (exact) mass is 334 g/mol. The zero-order chi connectivity index (χ0) is 16.4. The maximum Gasteiger partial charge on any atom is 0.264 e. The van der Waals surface area contributed by atoms with Crippen molar-refractivity contribution in [1.82, 2.24) is 20.1 Å². The Hall–Kier alpha value is -1.73. The summed E-state index contributed by atoms with van der Waals surface area (Å²) >= 11 is 1.63. The van der Waals surface area contributed by atoms with Crippen LogP contribution in [0.1, 0.15) is 38.4 Å². The molecule has 7 heteroatoms. The average Bonchev–Trinajstić information content (AvgIpc) is 3.13. The summed E-state index contributed by atoms with van der Waals surface area (Å²) < 4.78 is 4.74. The Kier molecular flexibility index (Phi) is 4.77. The minimum absolute atomic E-state index is 0.164. The average molecular weight is 334 g/mol. The molecule has 2 aromatic heterocycles. The Labute approximate surface area is 140 Å². The highest BCUT2D eigenvalue weighted by molar-refractivity contribution is 7.14. The van der Waals surface area contributed by atoms with Gasteiger partial charge in [0.05, 0.1) is 4.88 Å². The molecule has 0 bridgehead atoms. The highest BCUT2D eigenvalue weighted by Gasteiger charge is 2.24. The van der Waals surface area contributed by atoms with Gasteiger partial charge >= 0.3 is 0 Å². The summed E-state index contributed by atoms with van der Waals surface area (Å²) in [5, 5.41) is 7.73. The predicted octanol–water partition coefficient (Wildman–Crippen LogP) is 2.27. The van der Waals surface area contributed by atoms with Crippen molar-refractivity contribution in [2.75, 3.05) is 26.2 Å². The van der Waals surface area contributed by atoms with Gasteiger partial charge < -0.3 is 4.90 Å². The standard InChI is InChI=1S/C16H22N4O2S/c1-4-14-11(2)9-15(23-14)16(21)20-7-5-19(6-8-20)10-13-12(3)17-22-18-13/h9H,4-8,10H2,1-3H3. The molecule has 6 nitrogen and oxygen atoms in total. The Balaban J connectivity index is 1.57. The van der Waals surface area contributed by atoms with Crippen molar-refractivity contribution in [2.45, 2.75) is 33.7 Å². The van der Waals surface area contributed by atoms with Crippen molar-refractivity contribution in [3.63, 3.8) is 0 Å². The summed E-state index contributed by atoms with van der Waals surface area (Å²) in [6.07, 6.45) is 0.989. The molecule has 1 aliphatic rings. The van der Waals surface area contributed by atoms with Gasteiger partial charge in [0, 0.05) is 37.6 Å². The lowest BCUT2D eigenvalue weighted by Crippen LogP contribution is -2.48. The van der Waals surface area contributed by atoms with Gasteiger partial charge in [0.15, 0.2) is 0 Å². The summed E-state index contributed by atoms with van der Waals surface area (Å²) in [4.78, 5) is 19.0. The number of aryl methyl sites for hydroxylation is 3. The van der Waals surface area contributed by atoms with E-state index in [1.54, 1.807) is 11.3 Å². The van der Waals surface area contributed by atoms with E-state index in [2.05, 4.69) is 29.1 Å². The van der Waals surface area contributed by atoms with Crippen molar-refractivity contribution >= 4 is 17.2 Å². The molecule has 0 spiro atoms. The van der Waals surface area contributed by atoms with Crippen molar-refractivity contribution in [2.24, 2.45) is 0 Å². The van der Waals surface area contributed by atoms with Gasteiger partial charge in [0.25, 0.3) is 5.91 Å². The summed E-state index contributed by atoms with van der Waals surface area (Å²) in [5.41, 5.74) is 2.95. The number of nitrogens with zero attached hydrogens (tertiary/aromatic N) is 4. The van der Waals surface area contributed by atoms with Crippen LogP contribution in [0.5, 0.6) is 0 Å². The van der Waals surface area contributed by atoms with Gasteiger partial charge in [-0.3, -0.25) is 9.69 Å². The fraction of sp³-hybridized carbons (Fsp3) is 0.562. The van der Waals surface area contributed by atoms with E-state index < -0.39 is 0 Å². The Morgan fingerprint density at radius 1 is 1.26 bits per heavy atom. The molecule has 1 fully saturated rings. The number of carbonyl (C=O) groups excluding carboxylic acids is 1. The van der Waals surface area contributed by atoms with Crippen molar-refractivity contribution in [1.29, 1.82) is 0 Å². The fourth-order valence-electron chi connectivity index (χ4n) is 2.85. The van der Waals surface area contributed by atoms with Gasteiger partial charge in [-0.05, 0) is 31.9 Å². The first-order valence-electron chi connectivity index (χ1n) is 7.97. The molecule has 0 atom stereocenters. The number of thiophene rings is 1. The van der Waals surface area contributed by atoms with E-state index in [9.17, 15) is 4.79 Å². The third kappa shape index (κ3) is 3.45. The molecule has 3 heterocycles. The molecule has 3 rings (SSSR count). The smallest absolute Gasteiger partial charge is 0.264 e. The van der Waals surface area contributed by atoms with Gasteiger partial charge in [0.2, 0.25) is 0 Å². The minimum atomic E-state index is 0.164. The van der Waals surface area contributed by atoms with Gasteiger partial charge in [-0.2, -0.15) is 0 Å². The maximum atomic E-state index is 12.6. The van der Waals surface area contributed by atoms with Crippen LogP contribution in [0.15, 0.2) is 10.7 Å². The number of hydrogen-bond acceptors (Lipinski definition) is 6. The zero-order valence-electron chi connectivity index (χ0n) is 13.8. The Morgan fingerprint density at radius 2 is 2.00 bits per heavy atom. The van der Waals surface area contributed by atoms with E-state index in [1.807, 2.05) is 17.9 Å². The van der Waals surface area contributed by atoms with E-state index in [0.717, 1.165) is 55.4 Å². The summed E-state index contributed by atoms with van der Waals surface area (Å²) in [7, 11) is 0. The molecule has 0 radical (unpaired) electrons. The van der Waals surface area contributed by atoms with Crippen LogP contribution in [0, 0.1) is 13.8 Å². The van der Waals surface area contributed by atoms with Crippen LogP contribution in [-0.2, 0) is 13.0 Å². The van der Waals surface area contributed by atoms with Crippen molar-refractivity contribution in [3.8, 4) is 0 Å². The van der Waals surface area contributed by atoms with Gasteiger partial charge in [-0.15, -0.1) is 11.3 Å². The van der Waals surface area contributed by atoms with E-state index in [-0.39, 0.29) is 5.91 Å². The van der Waals surface area contributed by atoms with Crippen LogP contribution < -0.4 is 0 Å². The normalized spacial score (nSPS) is 16.0. The van der Waals surface area contributed by atoms with Crippen LogP contribution in [0.4, 0.5) is 0 Å². The Morgan fingerprint density at radius 3 is 2.57 bits per heavy atom. The quantitative estimate of drug-likeness (QED) is 0.858. The second-order valence-corrected chi connectivity index (χ2v) is 7.07. The lowest BCUT2D eigenvalue weighted by molar-refractivity contribution is 0.0630. The highest BCUT2D eigenvalue weighted by Crippen LogP contribution is 2.24. The molecule has 1 saturated heterocycles. The predicted molar refractivity (Wildman–Crippen MR) is 88.6 cm³/mol. The molecule has 1 amide bonds. The lowest BCUT2D eigenvalue weighted by atomic mass is 10.2. The maximum absolute atomic E-state index is 12.6. The lowest BCUT2D eigenvalue weighted by Gasteiger charge is -2.34. The fourth-order valence-corrected chi connectivity index (χ4v) is 3.93. The number of rotatable bonds is 4. The molecule has 0 aromatic carbocycles. The number of carbonyl (C=O) groups is 1. The number of piperazine rings is 1. The third-order valence-electron chi connectivity index (χ3n) is 4.33. The molecule has 23 heavy (non-hydrogen) atoms. The van der Waals surface area contributed by atoms with Gasteiger partial charge in [-0.25, -0.2) is 4.63 Å². The molecular weight excluding hydrogens is 312 g/mol. The first-order chi connectivity index (χ1) is 11.1. The molecule has 2 aromatic rings. The SMILES string of the molecule is CCc1sc(C(=O)N2CCN(Cc3nonc3C)CC2)cc1C. The number of aromatic nitrogens is 2. The molecule has 0 N–H and O–H groups in total. The zero-order valence-corrected chi connectivity index (χ0v) is 14.7. The molecule has 1 aliphatic heterocycles. The van der Waals surface area contributed by atoms with Crippen molar-refractivity contribution < 1.29 is 9.42 Å². The minimum Gasteiger partial charge on any atom is -0.335 e. The van der Waals surface area contributed by atoms with E-state index in [0.29, 0.717) is 0 Å². The second kappa shape index (κ2) is 6.80. The molecule has 0 saturated carbocycles. The summed E-state index contributed by atoms with van der Waals surface area (Å²) in [5.74, 6) is 0.164. The van der Waals surface area contributed by atoms with Gasteiger partial charge in [-0.1, -0.05) is 17.2 Å². The largest absolute Gasteiger partial charge is 0.335 e. The van der Waals surface area contributed by atoms with Crippen LogP contribution in [0.2, 0.25) is 0 Å². The molecule has 0 unspecified atom stereocenters. The first kappa shape index (κ1) is 16.1. The first-order valence-corrected chi connectivity index (χ1v) is 8.79. The third-order valence-corrected chi connectivity index (χ3v) is 5.70. The molecular formula is C16H22N4O2S. The topological polar surface area (TPSA) is 62.5 Å². The summed E-state index contributed by atoms with van der Waals surface area (Å²) in [6, 6.07) is 2.03. The van der Waals surface area contributed by atoms with Crippen LogP contribution in [-0.4, -0.2) is 52.2 Å².